The molecule has 0 unspecified atom stereocenters. The summed E-state index contributed by atoms with van der Waals surface area (Å²) in [7, 11) is 2.08. The molecule has 4 nitrogen and oxygen atoms in total. The first kappa shape index (κ1) is 18.6. The second-order valence-corrected chi connectivity index (χ2v) is 8.59. The Kier molecular flexibility index (Phi) is 4.98. The number of pyridine rings is 1. The third-order valence-electron chi connectivity index (χ3n) is 6.64. The van der Waals surface area contributed by atoms with Gasteiger partial charge in [-0.25, -0.2) is 0 Å². The van der Waals surface area contributed by atoms with Crippen LogP contribution in [0.1, 0.15) is 36.8 Å². The van der Waals surface area contributed by atoms with Crippen LogP contribution >= 0.6 is 0 Å². The number of para-hydroxylation sites is 1. The number of nitrogens with zero attached hydrogens (tertiary/aromatic N) is 2. The van der Waals surface area contributed by atoms with Crippen LogP contribution in [0.15, 0.2) is 60.8 Å². The molecule has 0 atom stereocenters. The lowest BCUT2D eigenvalue weighted by atomic mass is 9.81. The Bertz CT molecular complexity index is 989. The number of ether oxygens (including phenoxy) is 1. The van der Waals surface area contributed by atoms with Crippen LogP contribution in [0.4, 0.5) is 0 Å². The quantitative estimate of drug-likeness (QED) is 0.716. The molecule has 1 spiro atoms. The van der Waals surface area contributed by atoms with Crippen LogP contribution in [0.3, 0.4) is 0 Å². The van der Waals surface area contributed by atoms with Crippen LogP contribution in [-0.4, -0.2) is 35.1 Å². The van der Waals surface area contributed by atoms with E-state index in [4.69, 9.17) is 4.74 Å². The molecule has 2 aliphatic rings. The Labute approximate surface area is 172 Å². The first-order valence-corrected chi connectivity index (χ1v) is 10.7. The zero-order valence-corrected chi connectivity index (χ0v) is 17.1. The Morgan fingerprint density at radius 3 is 2.79 bits per heavy atom. The molecule has 3 aromatic rings. The molecule has 5 rings (SSSR count). The van der Waals surface area contributed by atoms with Crippen molar-refractivity contribution in [2.45, 2.75) is 50.4 Å². The normalized spacial score (nSPS) is 24.8. The molecule has 0 bridgehead atoms. The average Bonchev–Trinajstić information content (AvgIpc) is 2.90. The molecular formula is C25H29N3O. The van der Waals surface area contributed by atoms with Gasteiger partial charge in [0, 0.05) is 42.8 Å². The zero-order valence-electron chi connectivity index (χ0n) is 17.1. The fourth-order valence-corrected chi connectivity index (χ4v) is 5.05. The van der Waals surface area contributed by atoms with Crippen molar-refractivity contribution in [2.24, 2.45) is 0 Å². The van der Waals surface area contributed by atoms with Crippen LogP contribution in [0.25, 0.3) is 10.9 Å². The van der Waals surface area contributed by atoms with Gasteiger partial charge in [-0.15, -0.1) is 0 Å². The molecule has 0 saturated heterocycles. The van der Waals surface area contributed by atoms with Crippen LogP contribution in [0.5, 0.6) is 5.75 Å². The van der Waals surface area contributed by atoms with Gasteiger partial charge >= 0.3 is 0 Å². The molecule has 1 aliphatic carbocycles. The van der Waals surface area contributed by atoms with E-state index in [2.05, 4.69) is 70.8 Å². The van der Waals surface area contributed by atoms with E-state index >= 15 is 0 Å². The van der Waals surface area contributed by atoms with Gasteiger partial charge in [0.25, 0.3) is 0 Å². The molecule has 1 aliphatic heterocycles. The zero-order chi connectivity index (χ0) is 19.7. The maximum atomic E-state index is 6.75. The van der Waals surface area contributed by atoms with Gasteiger partial charge in [0.15, 0.2) is 0 Å². The van der Waals surface area contributed by atoms with Crippen LogP contribution in [0.2, 0.25) is 0 Å². The molecule has 0 radical (unpaired) electrons. The van der Waals surface area contributed by atoms with E-state index in [9.17, 15) is 0 Å². The predicted octanol–water partition coefficient (Wildman–Crippen LogP) is 4.53. The Morgan fingerprint density at radius 2 is 1.93 bits per heavy atom. The van der Waals surface area contributed by atoms with Gasteiger partial charge in [-0.05, 0) is 56.5 Å². The highest BCUT2D eigenvalue weighted by atomic mass is 16.5. The van der Waals surface area contributed by atoms with Crippen molar-refractivity contribution in [2.75, 3.05) is 13.6 Å². The van der Waals surface area contributed by atoms with Crippen molar-refractivity contribution in [3.05, 3.63) is 71.9 Å². The molecule has 1 N–H and O–H groups in total. The molecule has 150 valence electrons. The van der Waals surface area contributed by atoms with Crippen molar-refractivity contribution < 1.29 is 4.74 Å². The first-order valence-electron chi connectivity index (χ1n) is 10.7. The van der Waals surface area contributed by atoms with Gasteiger partial charge in [0.05, 0.1) is 5.52 Å². The summed E-state index contributed by atoms with van der Waals surface area (Å²) in [6.45, 7) is 2.80. The summed E-state index contributed by atoms with van der Waals surface area (Å²) in [6, 6.07) is 19.9. The molecular weight excluding hydrogens is 358 g/mol. The Balaban J connectivity index is 1.47. The van der Waals surface area contributed by atoms with Gasteiger partial charge in [-0.3, -0.25) is 9.88 Å². The summed E-state index contributed by atoms with van der Waals surface area (Å²) < 4.78 is 6.75. The second kappa shape index (κ2) is 7.77. The lowest BCUT2D eigenvalue weighted by Gasteiger charge is -2.41. The fraction of sp³-hybridized carbons (Fsp3) is 0.400. The summed E-state index contributed by atoms with van der Waals surface area (Å²) >= 11 is 0. The number of hydrogen-bond acceptors (Lipinski definition) is 4. The molecule has 2 heterocycles. The average molecular weight is 388 g/mol. The number of nitrogens with one attached hydrogen (secondary N) is 1. The van der Waals surface area contributed by atoms with Gasteiger partial charge in [0.2, 0.25) is 0 Å². The van der Waals surface area contributed by atoms with E-state index in [1.54, 1.807) is 0 Å². The van der Waals surface area contributed by atoms with Gasteiger partial charge < -0.3 is 10.1 Å². The largest absolute Gasteiger partial charge is 0.486 e. The van der Waals surface area contributed by atoms with E-state index < -0.39 is 0 Å². The first-order chi connectivity index (χ1) is 14.2. The molecule has 0 amide bonds. The van der Waals surface area contributed by atoms with Crippen LogP contribution in [0, 0.1) is 0 Å². The number of rotatable bonds is 3. The molecule has 1 aromatic heterocycles. The summed E-state index contributed by atoms with van der Waals surface area (Å²) in [4.78, 5) is 7.12. The van der Waals surface area contributed by atoms with E-state index in [1.807, 2.05) is 12.3 Å². The SMILES string of the molecule is CNC1CCC2(CC1)CN(Cc1cccc3ncccc13)Cc1ccccc1O2. The lowest BCUT2D eigenvalue weighted by Crippen LogP contribution is -2.50. The standard InChI is InChI=1S/C25H29N3O/c1-26-21-11-13-25(14-12-21)18-28(17-20-6-2-3-10-24(20)29-25)16-19-7-4-9-23-22(19)8-5-15-27-23/h2-10,15,21,26H,11-14,16-18H2,1H3. The third-order valence-corrected chi connectivity index (χ3v) is 6.64. The van der Waals surface area contributed by atoms with Crippen molar-refractivity contribution >= 4 is 10.9 Å². The van der Waals surface area contributed by atoms with Crippen LogP contribution in [-0.2, 0) is 13.1 Å². The van der Waals surface area contributed by atoms with E-state index in [0.29, 0.717) is 6.04 Å². The third kappa shape index (κ3) is 3.75. The molecule has 1 saturated carbocycles. The van der Waals surface area contributed by atoms with Crippen molar-refractivity contribution in [3.63, 3.8) is 0 Å². The van der Waals surface area contributed by atoms with E-state index in [1.165, 1.54) is 29.4 Å². The monoisotopic (exact) mass is 387 g/mol. The number of aromatic nitrogens is 1. The highest BCUT2D eigenvalue weighted by Gasteiger charge is 2.40. The number of fused-ring (bicyclic) bond motifs is 2. The lowest BCUT2D eigenvalue weighted by molar-refractivity contribution is -0.00312. The van der Waals surface area contributed by atoms with Gasteiger partial charge in [0.1, 0.15) is 11.4 Å². The second-order valence-electron chi connectivity index (χ2n) is 8.59. The van der Waals surface area contributed by atoms with Crippen LogP contribution < -0.4 is 10.1 Å². The summed E-state index contributed by atoms with van der Waals surface area (Å²) in [5, 5.41) is 4.71. The minimum absolute atomic E-state index is 0.0945. The minimum Gasteiger partial charge on any atom is -0.486 e. The molecule has 4 heteroatoms. The highest BCUT2D eigenvalue weighted by molar-refractivity contribution is 5.81. The Morgan fingerprint density at radius 1 is 1.07 bits per heavy atom. The van der Waals surface area contributed by atoms with Crippen molar-refractivity contribution in [1.82, 2.24) is 15.2 Å². The molecule has 2 aromatic carbocycles. The number of hydrogen-bond donors (Lipinski definition) is 1. The van der Waals surface area contributed by atoms with E-state index in [-0.39, 0.29) is 5.60 Å². The van der Waals surface area contributed by atoms with Gasteiger partial charge in [-0.2, -0.15) is 0 Å². The van der Waals surface area contributed by atoms with Gasteiger partial charge in [-0.1, -0.05) is 36.4 Å². The summed E-state index contributed by atoms with van der Waals surface area (Å²) in [5.74, 6) is 1.07. The highest BCUT2D eigenvalue weighted by Crippen LogP contribution is 2.38. The predicted molar refractivity (Wildman–Crippen MR) is 117 cm³/mol. The number of benzene rings is 2. The fourth-order valence-electron chi connectivity index (χ4n) is 5.05. The van der Waals surface area contributed by atoms with Crippen molar-refractivity contribution in [3.8, 4) is 5.75 Å². The molecule has 1 fully saturated rings. The maximum Gasteiger partial charge on any atom is 0.124 e. The van der Waals surface area contributed by atoms with Crippen molar-refractivity contribution in [1.29, 1.82) is 0 Å². The summed E-state index contributed by atoms with van der Waals surface area (Å²) in [6.07, 6.45) is 6.41. The smallest absolute Gasteiger partial charge is 0.124 e. The Hall–Kier alpha value is -2.43. The topological polar surface area (TPSA) is 37.4 Å². The summed E-state index contributed by atoms with van der Waals surface area (Å²) in [5.41, 5.74) is 3.61. The van der Waals surface area contributed by atoms with E-state index in [0.717, 1.165) is 43.7 Å². The maximum absolute atomic E-state index is 6.75. The molecule has 29 heavy (non-hydrogen) atoms. The minimum atomic E-state index is -0.0945.